The van der Waals surface area contributed by atoms with Gasteiger partial charge in [-0.25, -0.2) is 4.89 Å². The van der Waals surface area contributed by atoms with E-state index < -0.39 is 5.97 Å². The molecule has 4 rings (SSSR count). The monoisotopic (exact) mass is 448 g/mol. The molecule has 5 unspecified atom stereocenters. The van der Waals surface area contributed by atoms with E-state index in [9.17, 15) is 15.2 Å². The first-order valence-electron chi connectivity index (χ1n) is 13.5. The van der Waals surface area contributed by atoms with Crippen LogP contribution in [-0.4, -0.2) is 22.4 Å². The van der Waals surface area contributed by atoms with E-state index in [1.165, 1.54) is 25.7 Å². The molecule has 2 N–H and O–H groups in total. The lowest BCUT2D eigenvalue weighted by atomic mass is 9.33. The Kier molecular flexibility index (Phi) is 6.32. The van der Waals surface area contributed by atoms with Crippen LogP contribution >= 0.6 is 0 Å². The highest BCUT2D eigenvalue weighted by Gasteiger charge is 2.68. The van der Waals surface area contributed by atoms with Crippen molar-refractivity contribution in [2.45, 2.75) is 118 Å². The number of hydrogen-bond acceptors (Lipinski definition) is 3. The lowest BCUT2D eigenvalue weighted by Gasteiger charge is -2.72. The van der Waals surface area contributed by atoms with E-state index in [0.717, 1.165) is 44.9 Å². The Hall–Kier alpha value is -0.610. The van der Waals surface area contributed by atoms with Crippen LogP contribution in [0, 0.1) is 51.2 Å². The van der Waals surface area contributed by atoms with Gasteiger partial charge in [0.1, 0.15) is 0 Å². The number of carboxylic acid groups (broad SMARTS) is 1. The van der Waals surface area contributed by atoms with Gasteiger partial charge in [-0.15, -0.1) is 0 Å². The van der Waals surface area contributed by atoms with Crippen LogP contribution in [0.25, 0.3) is 0 Å². The first-order valence-corrected chi connectivity index (χ1v) is 13.5. The number of carbonyl (C=O) groups is 1. The van der Waals surface area contributed by atoms with Gasteiger partial charge in [0.15, 0.2) is 0 Å². The summed E-state index contributed by atoms with van der Waals surface area (Å²) >= 11 is 0. The van der Waals surface area contributed by atoms with Gasteiger partial charge < -0.3 is 5.11 Å². The molecule has 0 amide bonds. The van der Waals surface area contributed by atoms with Gasteiger partial charge in [-0.05, 0) is 103 Å². The Balaban J connectivity index is 1.69. The molecule has 4 fully saturated rings. The van der Waals surface area contributed by atoms with E-state index in [1.54, 1.807) is 0 Å². The van der Waals surface area contributed by atoms with Crippen molar-refractivity contribution in [3.63, 3.8) is 0 Å². The quantitative estimate of drug-likeness (QED) is 0.339. The zero-order chi connectivity index (χ0) is 23.5. The Bertz CT molecular complexity index is 718. The van der Waals surface area contributed by atoms with E-state index in [1.807, 2.05) is 0 Å². The summed E-state index contributed by atoms with van der Waals surface area (Å²) in [5.74, 6) is 1.40. The third-order valence-electron chi connectivity index (χ3n) is 12.2. The molecule has 4 heteroatoms. The molecule has 4 saturated carbocycles. The second-order valence-corrected chi connectivity index (χ2v) is 13.4. The van der Waals surface area contributed by atoms with Crippen molar-refractivity contribution in [1.82, 2.24) is 0 Å². The van der Waals surface area contributed by atoms with Crippen molar-refractivity contribution < 1.29 is 20.0 Å². The fraction of sp³-hybridized carbons (Fsp3) is 0.964. The Morgan fingerprint density at radius 3 is 2.22 bits per heavy atom. The summed E-state index contributed by atoms with van der Waals surface area (Å²) in [6.45, 7) is 14.5. The van der Waals surface area contributed by atoms with Gasteiger partial charge in [0, 0.05) is 0 Å². The van der Waals surface area contributed by atoms with Gasteiger partial charge in [-0.1, -0.05) is 54.4 Å². The van der Waals surface area contributed by atoms with Gasteiger partial charge >= 0.3 is 5.97 Å². The van der Waals surface area contributed by atoms with Crippen LogP contribution in [-0.2, 0) is 9.68 Å². The molecule has 184 valence electrons. The third kappa shape index (κ3) is 3.25. The number of carboxylic acids is 1. The smallest absolute Gasteiger partial charge is 0.306 e. The molecule has 0 aliphatic heterocycles. The first-order chi connectivity index (χ1) is 15.0. The molecule has 0 aromatic carbocycles. The van der Waals surface area contributed by atoms with Crippen molar-refractivity contribution >= 4 is 5.97 Å². The number of hydrogen-bond donors (Lipinski definition) is 2. The van der Waals surface area contributed by atoms with Crippen molar-refractivity contribution in [2.24, 2.45) is 51.2 Å². The molecular weight excluding hydrogens is 400 g/mol. The van der Waals surface area contributed by atoms with Crippen molar-refractivity contribution in [3.05, 3.63) is 0 Å². The minimum Gasteiger partial charge on any atom is -0.481 e. The average molecular weight is 449 g/mol. The van der Waals surface area contributed by atoms with Crippen LogP contribution in [0.2, 0.25) is 0 Å². The normalized spacial score (nSPS) is 50.1. The van der Waals surface area contributed by atoms with E-state index in [4.69, 9.17) is 4.89 Å². The average Bonchev–Trinajstić information content (AvgIpc) is 2.71. The summed E-state index contributed by atoms with van der Waals surface area (Å²) in [4.78, 5) is 17.2. The van der Waals surface area contributed by atoms with Gasteiger partial charge in [0.25, 0.3) is 0 Å². The minimum absolute atomic E-state index is 0.0224. The minimum atomic E-state index is -0.555. The molecule has 4 aliphatic carbocycles. The van der Waals surface area contributed by atoms with E-state index in [2.05, 4.69) is 41.5 Å². The van der Waals surface area contributed by atoms with Gasteiger partial charge in [0.2, 0.25) is 0 Å². The fourth-order valence-electron chi connectivity index (χ4n) is 10.4. The second-order valence-electron chi connectivity index (χ2n) is 13.4. The first kappa shape index (κ1) is 24.5. The maximum Gasteiger partial charge on any atom is 0.306 e. The molecule has 0 aromatic heterocycles. The fourth-order valence-corrected chi connectivity index (χ4v) is 10.4. The summed E-state index contributed by atoms with van der Waals surface area (Å²) in [5.41, 5.74) is 0.731. The molecule has 0 heterocycles. The summed E-state index contributed by atoms with van der Waals surface area (Å²) in [6.07, 6.45) is 12.1. The number of fused-ring (bicyclic) bond motifs is 5. The summed E-state index contributed by atoms with van der Waals surface area (Å²) in [6, 6.07) is 0. The molecule has 9 atom stereocenters. The maximum absolute atomic E-state index is 12.2. The second kappa shape index (κ2) is 8.26. The van der Waals surface area contributed by atoms with Crippen molar-refractivity contribution in [3.8, 4) is 0 Å². The molecular formula is C28H48O4. The van der Waals surface area contributed by atoms with Crippen LogP contribution in [0.3, 0.4) is 0 Å². The topological polar surface area (TPSA) is 66.8 Å². The lowest BCUT2D eigenvalue weighted by molar-refractivity contribution is -0.333. The van der Waals surface area contributed by atoms with Crippen LogP contribution in [0.1, 0.15) is 112 Å². The van der Waals surface area contributed by atoms with E-state index in [-0.39, 0.29) is 33.7 Å². The SMILES string of the molecule is CCCC[C@H]1C(C(=O)O)CC[C@]2(C)[C@@H]1CCC1C2(C)CCC2C(C)(C)C(OO)CC[C@@]21C. The highest BCUT2D eigenvalue weighted by molar-refractivity contribution is 5.70. The lowest BCUT2D eigenvalue weighted by Crippen LogP contribution is -2.66. The molecule has 0 radical (unpaired) electrons. The molecule has 0 aromatic rings. The highest BCUT2D eigenvalue weighted by Crippen LogP contribution is 2.75. The van der Waals surface area contributed by atoms with Gasteiger partial charge in [0.05, 0.1) is 12.0 Å². The number of aliphatic carboxylic acids is 1. The van der Waals surface area contributed by atoms with E-state index in [0.29, 0.717) is 23.7 Å². The molecule has 0 spiro atoms. The summed E-state index contributed by atoms with van der Waals surface area (Å²) in [7, 11) is 0. The van der Waals surface area contributed by atoms with Crippen LogP contribution in [0.5, 0.6) is 0 Å². The number of rotatable bonds is 5. The van der Waals surface area contributed by atoms with Crippen molar-refractivity contribution in [1.29, 1.82) is 0 Å². The largest absolute Gasteiger partial charge is 0.481 e. The molecule has 4 aliphatic rings. The molecule has 4 nitrogen and oxygen atoms in total. The Labute approximate surface area is 195 Å². The standard InChI is InChI=1S/C28H48O4/c1-7-8-9-18-19(24(29)30)12-16-27(5)20(18)10-11-22-26(4)15-14-23(32-31)25(2,3)21(26)13-17-28(22,27)6/h18-23,31H,7-17H2,1-6H3,(H,29,30)/t18-,19?,20+,21?,22?,23?,26-,27+,28?/m0/s1. The van der Waals surface area contributed by atoms with Crippen LogP contribution in [0.15, 0.2) is 0 Å². The highest BCUT2D eigenvalue weighted by atomic mass is 17.1. The molecule has 32 heavy (non-hydrogen) atoms. The Morgan fingerprint density at radius 2 is 1.59 bits per heavy atom. The summed E-state index contributed by atoms with van der Waals surface area (Å²) in [5, 5.41) is 19.6. The third-order valence-corrected chi connectivity index (χ3v) is 12.2. The zero-order valence-corrected chi connectivity index (χ0v) is 21.5. The predicted octanol–water partition coefficient (Wildman–Crippen LogP) is 7.42. The Morgan fingerprint density at radius 1 is 0.906 bits per heavy atom. The van der Waals surface area contributed by atoms with Crippen molar-refractivity contribution in [2.75, 3.05) is 0 Å². The van der Waals surface area contributed by atoms with Crippen LogP contribution < -0.4 is 0 Å². The van der Waals surface area contributed by atoms with Crippen LogP contribution in [0.4, 0.5) is 0 Å². The molecule has 0 saturated heterocycles. The number of unbranched alkanes of at least 4 members (excludes halogenated alkanes) is 1. The summed E-state index contributed by atoms with van der Waals surface area (Å²) < 4.78 is 0. The van der Waals surface area contributed by atoms with E-state index >= 15 is 0 Å². The predicted molar refractivity (Wildman–Crippen MR) is 127 cm³/mol. The zero-order valence-electron chi connectivity index (χ0n) is 21.5. The maximum atomic E-state index is 12.2. The molecule has 0 bridgehead atoms. The van der Waals surface area contributed by atoms with Gasteiger partial charge in [-0.3, -0.25) is 10.1 Å². The van der Waals surface area contributed by atoms with Gasteiger partial charge in [-0.2, -0.15) is 0 Å².